The minimum Gasteiger partial charge on any atom is -0.465 e. The summed E-state index contributed by atoms with van der Waals surface area (Å²) in [6, 6.07) is 1.59. The standard InChI is InChI=1S/C11H19N5O2/c1-3-5-16(7-10(17)18-4-2)9-6-8(12)14-11(13)15-9/h6H,3-5,7H2,1-2H3,(H4,12,13,14,15). The van der Waals surface area contributed by atoms with E-state index in [1.807, 2.05) is 6.92 Å². The topological polar surface area (TPSA) is 107 Å². The van der Waals surface area contributed by atoms with Gasteiger partial charge in [-0.3, -0.25) is 4.79 Å². The molecule has 0 saturated carbocycles. The monoisotopic (exact) mass is 253 g/mol. The first-order valence-electron chi connectivity index (χ1n) is 5.87. The minimum absolute atomic E-state index is 0.0926. The van der Waals surface area contributed by atoms with Gasteiger partial charge in [-0.05, 0) is 13.3 Å². The van der Waals surface area contributed by atoms with Crippen LogP contribution in [0.2, 0.25) is 0 Å². The summed E-state index contributed by atoms with van der Waals surface area (Å²) in [6.45, 7) is 4.91. The van der Waals surface area contributed by atoms with Gasteiger partial charge in [0.05, 0.1) is 6.61 Å². The van der Waals surface area contributed by atoms with E-state index < -0.39 is 0 Å². The molecule has 0 aromatic carbocycles. The number of carbonyl (C=O) groups excluding carboxylic acids is 1. The van der Waals surface area contributed by atoms with Crippen molar-refractivity contribution < 1.29 is 9.53 Å². The van der Waals surface area contributed by atoms with Crippen molar-refractivity contribution in [1.82, 2.24) is 9.97 Å². The lowest BCUT2D eigenvalue weighted by Crippen LogP contribution is -2.32. The molecule has 0 aliphatic rings. The van der Waals surface area contributed by atoms with Gasteiger partial charge in [-0.15, -0.1) is 0 Å². The Balaban J connectivity index is 2.85. The Morgan fingerprint density at radius 2 is 2.11 bits per heavy atom. The molecule has 18 heavy (non-hydrogen) atoms. The highest BCUT2D eigenvalue weighted by Gasteiger charge is 2.14. The van der Waals surface area contributed by atoms with Gasteiger partial charge in [0, 0.05) is 12.6 Å². The molecule has 0 spiro atoms. The van der Waals surface area contributed by atoms with Gasteiger partial charge >= 0.3 is 5.97 Å². The fourth-order valence-corrected chi connectivity index (χ4v) is 1.54. The van der Waals surface area contributed by atoms with Gasteiger partial charge in [0.15, 0.2) is 0 Å². The zero-order valence-corrected chi connectivity index (χ0v) is 10.7. The maximum Gasteiger partial charge on any atom is 0.325 e. The van der Waals surface area contributed by atoms with E-state index in [1.54, 1.807) is 17.9 Å². The Hall–Kier alpha value is -2.05. The number of carbonyl (C=O) groups is 1. The van der Waals surface area contributed by atoms with E-state index in [9.17, 15) is 4.79 Å². The number of rotatable bonds is 6. The number of esters is 1. The van der Waals surface area contributed by atoms with Crippen LogP contribution in [0.1, 0.15) is 20.3 Å². The molecule has 0 bridgehead atoms. The molecule has 0 aliphatic heterocycles. The summed E-state index contributed by atoms with van der Waals surface area (Å²) >= 11 is 0. The molecular weight excluding hydrogens is 234 g/mol. The van der Waals surface area contributed by atoms with Crippen LogP contribution in [0.15, 0.2) is 6.07 Å². The molecule has 7 nitrogen and oxygen atoms in total. The van der Waals surface area contributed by atoms with Gasteiger partial charge in [-0.2, -0.15) is 9.97 Å². The summed E-state index contributed by atoms with van der Waals surface area (Å²) in [5.74, 6) is 0.606. The summed E-state index contributed by atoms with van der Waals surface area (Å²) in [5, 5.41) is 0. The van der Waals surface area contributed by atoms with Crippen LogP contribution in [0.5, 0.6) is 0 Å². The molecule has 0 atom stereocenters. The third-order valence-corrected chi connectivity index (χ3v) is 2.19. The third kappa shape index (κ3) is 4.08. The Morgan fingerprint density at radius 3 is 2.67 bits per heavy atom. The number of hydrogen-bond acceptors (Lipinski definition) is 7. The normalized spacial score (nSPS) is 10.1. The highest BCUT2D eigenvalue weighted by Crippen LogP contribution is 2.15. The zero-order chi connectivity index (χ0) is 13.5. The van der Waals surface area contributed by atoms with Gasteiger partial charge in [-0.1, -0.05) is 6.92 Å². The van der Waals surface area contributed by atoms with Crippen molar-refractivity contribution in [3.63, 3.8) is 0 Å². The van der Waals surface area contributed by atoms with Gasteiger partial charge in [0.25, 0.3) is 0 Å². The smallest absolute Gasteiger partial charge is 0.325 e. The number of hydrogen-bond donors (Lipinski definition) is 2. The van der Waals surface area contributed by atoms with Gasteiger partial charge in [-0.25, -0.2) is 0 Å². The van der Waals surface area contributed by atoms with Crippen LogP contribution >= 0.6 is 0 Å². The summed E-state index contributed by atoms with van der Waals surface area (Å²) in [7, 11) is 0. The average Bonchev–Trinajstić information content (AvgIpc) is 2.27. The Morgan fingerprint density at radius 1 is 1.39 bits per heavy atom. The van der Waals surface area contributed by atoms with Crippen molar-refractivity contribution in [2.45, 2.75) is 20.3 Å². The van der Waals surface area contributed by atoms with Crippen molar-refractivity contribution >= 4 is 23.6 Å². The van der Waals surface area contributed by atoms with E-state index in [4.69, 9.17) is 16.2 Å². The summed E-state index contributed by atoms with van der Waals surface area (Å²) in [6.07, 6.45) is 0.864. The van der Waals surface area contributed by atoms with Crippen LogP contribution in [0, 0.1) is 0 Å². The predicted molar refractivity (Wildman–Crippen MR) is 70.0 cm³/mol. The molecule has 1 aromatic heterocycles. The second kappa shape index (κ2) is 6.63. The number of nitrogen functional groups attached to an aromatic ring is 2. The van der Waals surface area contributed by atoms with Crippen LogP contribution in [-0.4, -0.2) is 35.6 Å². The van der Waals surface area contributed by atoms with E-state index in [0.29, 0.717) is 19.0 Å². The Kier molecular flexibility index (Phi) is 5.16. The molecule has 1 rings (SSSR count). The second-order valence-corrected chi connectivity index (χ2v) is 3.74. The SMILES string of the molecule is CCCN(CC(=O)OCC)c1cc(N)nc(N)n1. The molecule has 4 N–H and O–H groups in total. The van der Waals surface area contributed by atoms with E-state index in [1.165, 1.54) is 0 Å². The third-order valence-electron chi connectivity index (χ3n) is 2.19. The summed E-state index contributed by atoms with van der Waals surface area (Å²) < 4.78 is 4.91. The van der Waals surface area contributed by atoms with E-state index >= 15 is 0 Å². The molecule has 0 fully saturated rings. The molecular formula is C11H19N5O2. The molecule has 0 saturated heterocycles. The number of ether oxygens (including phenoxy) is 1. The molecule has 0 aliphatic carbocycles. The number of nitrogens with zero attached hydrogens (tertiary/aromatic N) is 3. The highest BCUT2D eigenvalue weighted by atomic mass is 16.5. The first-order valence-corrected chi connectivity index (χ1v) is 5.87. The van der Waals surface area contributed by atoms with Crippen molar-refractivity contribution in [2.75, 3.05) is 36.1 Å². The molecule has 1 aromatic rings. The fraction of sp³-hybridized carbons (Fsp3) is 0.545. The number of nitrogens with two attached hydrogens (primary N) is 2. The lowest BCUT2D eigenvalue weighted by atomic mass is 10.3. The highest BCUT2D eigenvalue weighted by molar-refractivity contribution is 5.75. The van der Waals surface area contributed by atoms with Crippen LogP contribution in [0.4, 0.5) is 17.6 Å². The molecule has 0 unspecified atom stereocenters. The Labute approximate surface area is 106 Å². The first kappa shape index (κ1) is 14.0. The van der Waals surface area contributed by atoms with Crippen molar-refractivity contribution in [1.29, 1.82) is 0 Å². The fourth-order valence-electron chi connectivity index (χ4n) is 1.54. The maximum absolute atomic E-state index is 11.5. The van der Waals surface area contributed by atoms with Crippen molar-refractivity contribution in [3.8, 4) is 0 Å². The van der Waals surface area contributed by atoms with Crippen molar-refractivity contribution in [2.24, 2.45) is 0 Å². The van der Waals surface area contributed by atoms with Gasteiger partial charge in [0.1, 0.15) is 18.2 Å². The lowest BCUT2D eigenvalue weighted by Gasteiger charge is -2.22. The van der Waals surface area contributed by atoms with Gasteiger partial charge < -0.3 is 21.1 Å². The largest absolute Gasteiger partial charge is 0.465 e. The molecule has 7 heteroatoms. The van der Waals surface area contributed by atoms with E-state index in [-0.39, 0.29) is 24.3 Å². The van der Waals surface area contributed by atoms with Gasteiger partial charge in [0.2, 0.25) is 5.95 Å². The van der Waals surface area contributed by atoms with Crippen molar-refractivity contribution in [3.05, 3.63) is 6.07 Å². The van der Waals surface area contributed by atoms with Crippen LogP contribution < -0.4 is 16.4 Å². The summed E-state index contributed by atoms with van der Waals surface area (Å²) in [4.78, 5) is 21.1. The second-order valence-electron chi connectivity index (χ2n) is 3.74. The van der Waals surface area contributed by atoms with E-state index in [0.717, 1.165) is 6.42 Å². The summed E-state index contributed by atoms with van der Waals surface area (Å²) in [5.41, 5.74) is 11.1. The predicted octanol–water partition coefficient (Wildman–Crippen LogP) is 0.421. The van der Waals surface area contributed by atoms with E-state index in [2.05, 4.69) is 9.97 Å². The average molecular weight is 253 g/mol. The van der Waals surface area contributed by atoms with Crippen LogP contribution in [-0.2, 0) is 9.53 Å². The van der Waals surface area contributed by atoms with Crippen LogP contribution in [0.25, 0.3) is 0 Å². The molecule has 0 amide bonds. The first-order chi connectivity index (χ1) is 8.56. The van der Waals surface area contributed by atoms with Crippen LogP contribution in [0.3, 0.4) is 0 Å². The Bertz CT molecular complexity index is 390. The number of anilines is 3. The quantitative estimate of drug-likeness (QED) is 0.707. The minimum atomic E-state index is -0.304. The zero-order valence-electron chi connectivity index (χ0n) is 10.7. The molecule has 1 heterocycles. The maximum atomic E-state index is 11.5. The number of aromatic nitrogens is 2. The molecule has 0 radical (unpaired) electrons. The molecule has 100 valence electrons. The lowest BCUT2D eigenvalue weighted by molar-refractivity contribution is -0.141.